The molecule has 0 aliphatic carbocycles. The van der Waals surface area contributed by atoms with Crippen LogP contribution in [0, 0.1) is 11.3 Å². The zero-order valence-corrected chi connectivity index (χ0v) is 8.29. The van der Waals surface area contributed by atoms with Crippen LogP contribution in [0.4, 0.5) is 0 Å². The van der Waals surface area contributed by atoms with E-state index in [0.717, 1.165) is 19.4 Å². The Bertz CT molecular complexity index is 242. The molecule has 0 radical (unpaired) electrons. The lowest BCUT2D eigenvalue weighted by Crippen LogP contribution is -2.68. The number of ether oxygens (including phenoxy) is 1. The molecule has 0 aromatic rings. The van der Waals surface area contributed by atoms with Gasteiger partial charge in [-0.2, -0.15) is 5.26 Å². The van der Waals surface area contributed by atoms with Gasteiger partial charge in [-0.1, -0.05) is 0 Å². The Kier molecular flexibility index (Phi) is 2.05. The fourth-order valence-electron chi connectivity index (χ4n) is 2.72. The molecule has 3 fully saturated rings. The van der Waals surface area contributed by atoms with Crippen molar-refractivity contribution in [2.45, 2.75) is 44.3 Å². The van der Waals surface area contributed by atoms with Gasteiger partial charge in [-0.15, -0.1) is 0 Å². The van der Waals surface area contributed by atoms with Crippen molar-refractivity contribution in [3.05, 3.63) is 0 Å². The predicted octanol–water partition coefficient (Wildman–Crippen LogP) is 1.15. The van der Waals surface area contributed by atoms with Crippen LogP contribution in [0.2, 0.25) is 0 Å². The number of rotatable bonds is 1. The molecule has 0 aromatic heterocycles. The van der Waals surface area contributed by atoms with Crippen LogP contribution in [0.5, 0.6) is 0 Å². The quantitative estimate of drug-likeness (QED) is 0.607. The number of hydrogen-bond donors (Lipinski definition) is 0. The molecule has 13 heavy (non-hydrogen) atoms. The van der Waals surface area contributed by atoms with E-state index in [1.165, 1.54) is 0 Å². The third-order valence-corrected chi connectivity index (χ3v) is 3.16. The molecule has 0 saturated carbocycles. The molecule has 3 nitrogen and oxygen atoms in total. The Hall–Kier alpha value is -0.590. The average molecular weight is 180 g/mol. The van der Waals surface area contributed by atoms with Gasteiger partial charge < -0.3 is 4.74 Å². The van der Waals surface area contributed by atoms with Crippen molar-refractivity contribution < 1.29 is 4.74 Å². The fraction of sp³-hybridized carbons (Fsp3) is 0.900. The lowest BCUT2D eigenvalue weighted by Gasteiger charge is -2.54. The second kappa shape index (κ2) is 2.97. The minimum Gasteiger partial charge on any atom is -0.378 e. The van der Waals surface area contributed by atoms with Gasteiger partial charge in [0.1, 0.15) is 5.54 Å². The van der Waals surface area contributed by atoms with Crippen LogP contribution in [-0.2, 0) is 4.74 Å². The standard InChI is InChI=1S/C10H16N2O/c1-8(2)12-9-3-4-13-7-10(12,5-9)6-11/h8-9H,3-5,7H2,1-2H3. The fourth-order valence-corrected chi connectivity index (χ4v) is 2.72. The first-order valence-corrected chi connectivity index (χ1v) is 4.97. The molecule has 3 aliphatic rings. The molecule has 0 spiro atoms. The molecule has 2 bridgehead atoms. The first-order chi connectivity index (χ1) is 6.19. The lowest BCUT2D eigenvalue weighted by atomic mass is 9.78. The van der Waals surface area contributed by atoms with Crippen molar-refractivity contribution >= 4 is 0 Å². The van der Waals surface area contributed by atoms with Crippen LogP contribution in [-0.4, -0.2) is 35.7 Å². The largest absolute Gasteiger partial charge is 0.378 e. The molecule has 3 saturated heterocycles. The molecule has 3 heteroatoms. The van der Waals surface area contributed by atoms with Crippen molar-refractivity contribution in [1.29, 1.82) is 5.26 Å². The first kappa shape index (κ1) is 8.98. The number of fused-ring (bicyclic) bond motifs is 3. The third kappa shape index (κ3) is 1.17. The SMILES string of the molecule is CC(C)N1C2CCOCC1(C#N)C2. The number of nitrogens with zero attached hydrogens (tertiary/aromatic N) is 2. The number of nitriles is 1. The van der Waals surface area contributed by atoms with Crippen molar-refractivity contribution in [2.24, 2.45) is 0 Å². The second-order valence-electron chi connectivity index (χ2n) is 4.34. The minimum absolute atomic E-state index is 0.296. The number of hydrogen-bond acceptors (Lipinski definition) is 3. The van der Waals surface area contributed by atoms with Crippen LogP contribution >= 0.6 is 0 Å². The average Bonchev–Trinajstić information content (AvgIpc) is 2.33. The van der Waals surface area contributed by atoms with Gasteiger partial charge in [-0.3, -0.25) is 4.90 Å². The van der Waals surface area contributed by atoms with Crippen LogP contribution in [0.25, 0.3) is 0 Å². The second-order valence-corrected chi connectivity index (χ2v) is 4.34. The zero-order chi connectivity index (χ0) is 9.47. The molecule has 0 N–H and O–H groups in total. The molecule has 3 rings (SSSR count). The van der Waals surface area contributed by atoms with Gasteiger partial charge in [-0.05, 0) is 26.7 Å². The van der Waals surface area contributed by atoms with E-state index in [9.17, 15) is 0 Å². The molecular weight excluding hydrogens is 164 g/mol. The van der Waals surface area contributed by atoms with Gasteiger partial charge in [0.05, 0.1) is 12.7 Å². The van der Waals surface area contributed by atoms with E-state index in [1.54, 1.807) is 0 Å². The highest BCUT2D eigenvalue weighted by Gasteiger charge is 2.54. The Morgan fingerprint density at radius 1 is 1.62 bits per heavy atom. The van der Waals surface area contributed by atoms with Gasteiger partial charge in [-0.25, -0.2) is 0 Å². The van der Waals surface area contributed by atoms with Crippen LogP contribution in [0.1, 0.15) is 26.7 Å². The summed E-state index contributed by atoms with van der Waals surface area (Å²) in [7, 11) is 0. The van der Waals surface area contributed by atoms with E-state index in [0.29, 0.717) is 18.7 Å². The normalized spacial score (nSPS) is 39.4. The summed E-state index contributed by atoms with van der Waals surface area (Å²) in [4.78, 5) is 2.32. The van der Waals surface area contributed by atoms with Gasteiger partial charge in [0.15, 0.2) is 0 Å². The summed E-state index contributed by atoms with van der Waals surface area (Å²) in [5.74, 6) is 0. The van der Waals surface area contributed by atoms with E-state index in [-0.39, 0.29) is 5.54 Å². The van der Waals surface area contributed by atoms with Crippen LogP contribution in [0.15, 0.2) is 0 Å². The summed E-state index contributed by atoms with van der Waals surface area (Å²) >= 11 is 0. The Labute approximate surface area is 79.3 Å². The Morgan fingerprint density at radius 2 is 2.38 bits per heavy atom. The van der Waals surface area contributed by atoms with E-state index in [4.69, 9.17) is 10.00 Å². The topological polar surface area (TPSA) is 36.3 Å². The van der Waals surface area contributed by atoms with Crippen molar-refractivity contribution in [3.8, 4) is 6.07 Å². The summed E-state index contributed by atoms with van der Waals surface area (Å²) < 4.78 is 5.46. The van der Waals surface area contributed by atoms with E-state index < -0.39 is 0 Å². The molecule has 2 unspecified atom stereocenters. The highest BCUT2D eigenvalue weighted by molar-refractivity contribution is 5.20. The van der Waals surface area contributed by atoms with Gasteiger partial charge in [0.25, 0.3) is 0 Å². The molecule has 3 heterocycles. The summed E-state index contributed by atoms with van der Waals surface area (Å²) in [5.41, 5.74) is -0.296. The van der Waals surface area contributed by atoms with Gasteiger partial charge in [0.2, 0.25) is 0 Å². The lowest BCUT2D eigenvalue weighted by molar-refractivity contribution is -0.0675. The highest BCUT2D eigenvalue weighted by Crippen LogP contribution is 2.41. The van der Waals surface area contributed by atoms with Crippen molar-refractivity contribution in [2.75, 3.05) is 13.2 Å². The zero-order valence-electron chi connectivity index (χ0n) is 8.29. The molecule has 3 aliphatic heterocycles. The van der Waals surface area contributed by atoms with Crippen molar-refractivity contribution in [3.63, 3.8) is 0 Å². The molecule has 2 atom stereocenters. The maximum Gasteiger partial charge on any atom is 0.134 e. The summed E-state index contributed by atoms with van der Waals surface area (Å²) in [6.07, 6.45) is 2.09. The summed E-state index contributed by atoms with van der Waals surface area (Å²) in [5, 5.41) is 9.16. The van der Waals surface area contributed by atoms with Crippen molar-refractivity contribution in [1.82, 2.24) is 4.90 Å². The molecule has 0 amide bonds. The predicted molar refractivity (Wildman–Crippen MR) is 49.2 cm³/mol. The Morgan fingerprint density at radius 3 is 3.00 bits per heavy atom. The minimum atomic E-state index is -0.296. The monoisotopic (exact) mass is 180 g/mol. The smallest absolute Gasteiger partial charge is 0.134 e. The molecule has 0 aromatic carbocycles. The molecule has 72 valence electrons. The van der Waals surface area contributed by atoms with Gasteiger partial charge in [0, 0.05) is 18.7 Å². The Balaban J connectivity index is 2.21. The first-order valence-electron chi connectivity index (χ1n) is 4.97. The third-order valence-electron chi connectivity index (χ3n) is 3.16. The van der Waals surface area contributed by atoms with Crippen LogP contribution < -0.4 is 0 Å². The van der Waals surface area contributed by atoms with Gasteiger partial charge >= 0.3 is 0 Å². The maximum atomic E-state index is 9.16. The van der Waals surface area contributed by atoms with Crippen LogP contribution in [0.3, 0.4) is 0 Å². The summed E-state index contributed by atoms with van der Waals surface area (Å²) in [6, 6.07) is 3.46. The van der Waals surface area contributed by atoms with E-state index in [1.807, 2.05) is 0 Å². The summed E-state index contributed by atoms with van der Waals surface area (Å²) in [6.45, 7) is 5.72. The maximum absolute atomic E-state index is 9.16. The van der Waals surface area contributed by atoms with E-state index >= 15 is 0 Å². The van der Waals surface area contributed by atoms with E-state index in [2.05, 4.69) is 24.8 Å². The molecular formula is C10H16N2O. The highest BCUT2D eigenvalue weighted by atomic mass is 16.5.